The molecular formula is C39H70O5. The van der Waals surface area contributed by atoms with Crippen molar-refractivity contribution in [2.45, 2.75) is 187 Å². The smallest absolute Gasteiger partial charge is 0.306 e. The summed E-state index contributed by atoms with van der Waals surface area (Å²) in [6.45, 7) is 3.99. The first kappa shape index (κ1) is 42.1. The molecule has 0 aliphatic heterocycles. The third-order valence-corrected chi connectivity index (χ3v) is 8.01. The highest BCUT2D eigenvalue weighted by atomic mass is 16.6. The van der Waals surface area contributed by atoms with Crippen LogP contribution in [-0.2, 0) is 19.1 Å². The van der Waals surface area contributed by atoms with Crippen LogP contribution in [0.5, 0.6) is 0 Å². The van der Waals surface area contributed by atoms with E-state index in [1.54, 1.807) is 0 Å². The number of allylic oxidation sites excluding steroid dienone is 6. The highest BCUT2D eigenvalue weighted by Gasteiger charge is 2.16. The van der Waals surface area contributed by atoms with Gasteiger partial charge in [0.1, 0.15) is 6.61 Å². The molecule has 0 saturated carbocycles. The standard InChI is InChI=1S/C39H70O5/c1-3-5-7-9-11-13-15-17-18-19-20-22-24-26-28-30-32-34-39(42)44-37(35-40)36-43-38(41)33-31-29-27-25-23-21-16-14-12-10-8-6-4-2/h6,8,10,12,14,16,37,40H,3-5,7,9,11,13,15,17-36H2,1-2H3/b8-6+,12-10+,16-14+. The monoisotopic (exact) mass is 619 g/mol. The lowest BCUT2D eigenvalue weighted by Crippen LogP contribution is -2.28. The molecule has 0 rings (SSSR count). The lowest BCUT2D eigenvalue weighted by Gasteiger charge is -2.15. The molecule has 0 saturated heterocycles. The van der Waals surface area contributed by atoms with Crippen LogP contribution in [0.15, 0.2) is 36.5 Å². The molecule has 0 aromatic rings. The molecule has 0 amide bonds. The predicted molar refractivity (Wildman–Crippen MR) is 187 cm³/mol. The summed E-state index contributed by atoms with van der Waals surface area (Å²) in [5.41, 5.74) is 0. The topological polar surface area (TPSA) is 72.8 Å². The van der Waals surface area contributed by atoms with Gasteiger partial charge in [0.2, 0.25) is 0 Å². The van der Waals surface area contributed by atoms with Crippen molar-refractivity contribution in [2.75, 3.05) is 13.2 Å². The highest BCUT2D eigenvalue weighted by Crippen LogP contribution is 2.15. The minimum atomic E-state index is -0.775. The maximum absolute atomic E-state index is 12.1. The molecule has 0 radical (unpaired) electrons. The number of carbonyl (C=O) groups is 2. The molecular weight excluding hydrogens is 548 g/mol. The van der Waals surface area contributed by atoms with E-state index in [2.05, 4.69) is 50.3 Å². The van der Waals surface area contributed by atoms with Crippen LogP contribution in [0.1, 0.15) is 181 Å². The van der Waals surface area contributed by atoms with Crippen LogP contribution in [-0.4, -0.2) is 36.4 Å². The fourth-order valence-corrected chi connectivity index (χ4v) is 5.20. The zero-order valence-corrected chi connectivity index (χ0v) is 28.9. The van der Waals surface area contributed by atoms with Crippen molar-refractivity contribution in [1.82, 2.24) is 0 Å². The summed E-state index contributed by atoms with van der Waals surface area (Å²) in [6, 6.07) is 0. The Morgan fingerprint density at radius 2 is 0.977 bits per heavy atom. The zero-order valence-electron chi connectivity index (χ0n) is 28.9. The van der Waals surface area contributed by atoms with E-state index in [0.717, 1.165) is 64.2 Å². The summed E-state index contributed by atoms with van der Waals surface area (Å²) >= 11 is 0. The van der Waals surface area contributed by atoms with E-state index in [9.17, 15) is 14.7 Å². The minimum Gasteiger partial charge on any atom is -0.462 e. The van der Waals surface area contributed by atoms with Gasteiger partial charge < -0.3 is 14.6 Å². The van der Waals surface area contributed by atoms with Gasteiger partial charge in [-0.1, -0.05) is 172 Å². The van der Waals surface area contributed by atoms with Gasteiger partial charge in [-0.2, -0.15) is 0 Å². The van der Waals surface area contributed by atoms with E-state index >= 15 is 0 Å². The van der Waals surface area contributed by atoms with Crippen molar-refractivity contribution >= 4 is 11.9 Å². The number of aliphatic hydroxyl groups excluding tert-OH is 1. The molecule has 0 aromatic heterocycles. The van der Waals surface area contributed by atoms with E-state index in [1.807, 2.05) is 0 Å². The summed E-state index contributed by atoms with van der Waals surface area (Å²) < 4.78 is 10.6. The summed E-state index contributed by atoms with van der Waals surface area (Å²) in [5, 5.41) is 9.53. The highest BCUT2D eigenvalue weighted by molar-refractivity contribution is 5.70. The SMILES string of the molecule is CC/C=C/C=C/C=C/CCCCCCCC(=O)OCC(CO)OC(=O)CCCCCCCCCCCCCCCCCCC. The van der Waals surface area contributed by atoms with Gasteiger partial charge in [-0.05, 0) is 32.1 Å². The van der Waals surface area contributed by atoms with Gasteiger partial charge >= 0.3 is 11.9 Å². The van der Waals surface area contributed by atoms with Crippen LogP contribution in [0.25, 0.3) is 0 Å². The first-order valence-electron chi connectivity index (χ1n) is 18.6. The Labute approximate surface area is 272 Å². The second-order valence-corrected chi connectivity index (χ2v) is 12.3. The fraction of sp³-hybridized carbons (Fsp3) is 0.795. The van der Waals surface area contributed by atoms with Crippen molar-refractivity contribution in [1.29, 1.82) is 0 Å². The number of unbranched alkanes of at least 4 members (excludes halogenated alkanes) is 21. The third kappa shape index (κ3) is 33.0. The van der Waals surface area contributed by atoms with Gasteiger partial charge in [-0.3, -0.25) is 9.59 Å². The van der Waals surface area contributed by atoms with Crippen molar-refractivity contribution in [3.05, 3.63) is 36.5 Å². The average molecular weight is 619 g/mol. The number of rotatable bonds is 33. The summed E-state index contributed by atoms with van der Waals surface area (Å²) in [6.07, 6.45) is 42.0. The average Bonchev–Trinajstić information content (AvgIpc) is 3.02. The molecule has 0 fully saturated rings. The lowest BCUT2D eigenvalue weighted by molar-refractivity contribution is -0.161. The normalized spacial score (nSPS) is 12.5. The summed E-state index contributed by atoms with van der Waals surface area (Å²) in [5.74, 6) is -0.611. The third-order valence-electron chi connectivity index (χ3n) is 8.01. The van der Waals surface area contributed by atoms with Crippen molar-refractivity contribution in [3.63, 3.8) is 0 Å². The molecule has 1 unspecified atom stereocenters. The minimum absolute atomic E-state index is 0.0743. The molecule has 5 heteroatoms. The number of aliphatic hydroxyl groups is 1. The van der Waals surface area contributed by atoms with Crippen molar-refractivity contribution in [3.8, 4) is 0 Å². The van der Waals surface area contributed by atoms with Gasteiger partial charge in [0.25, 0.3) is 0 Å². The summed E-state index contributed by atoms with van der Waals surface area (Å²) in [7, 11) is 0. The summed E-state index contributed by atoms with van der Waals surface area (Å²) in [4.78, 5) is 24.2. The molecule has 0 aliphatic rings. The quantitative estimate of drug-likeness (QED) is 0.0450. The predicted octanol–water partition coefficient (Wildman–Crippen LogP) is 11.3. The molecule has 0 heterocycles. The molecule has 1 N–H and O–H groups in total. The van der Waals surface area contributed by atoms with Crippen LogP contribution in [0.4, 0.5) is 0 Å². The molecule has 0 aromatic carbocycles. The number of hydrogen-bond donors (Lipinski definition) is 1. The van der Waals surface area contributed by atoms with Crippen LogP contribution in [0.3, 0.4) is 0 Å². The Bertz CT molecular complexity index is 711. The Morgan fingerprint density at radius 1 is 0.545 bits per heavy atom. The number of esters is 2. The Kier molecular flexibility index (Phi) is 34.1. The number of hydrogen-bond acceptors (Lipinski definition) is 5. The molecule has 44 heavy (non-hydrogen) atoms. The molecule has 1 atom stereocenters. The van der Waals surface area contributed by atoms with Gasteiger partial charge in [-0.25, -0.2) is 0 Å². The van der Waals surface area contributed by atoms with E-state index in [1.165, 1.54) is 89.9 Å². The van der Waals surface area contributed by atoms with Gasteiger partial charge in [0.05, 0.1) is 6.61 Å². The number of carbonyl (C=O) groups excluding carboxylic acids is 2. The number of ether oxygens (including phenoxy) is 2. The largest absolute Gasteiger partial charge is 0.462 e. The molecule has 0 aliphatic carbocycles. The molecule has 5 nitrogen and oxygen atoms in total. The Morgan fingerprint density at radius 3 is 1.45 bits per heavy atom. The Balaban J connectivity index is 3.56. The van der Waals surface area contributed by atoms with Crippen LogP contribution in [0.2, 0.25) is 0 Å². The van der Waals surface area contributed by atoms with E-state index in [-0.39, 0.29) is 25.2 Å². The van der Waals surface area contributed by atoms with Gasteiger partial charge in [0.15, 0.2) is 6.10 Å². The van der Waals surface area contributed by atoms with E-state index in [4.69, 9.17) is 9.47 Å². The van der Waals surface area contributed by atoms with Crippen LogP contribution in [0, 0.1) is 0 Å². The van der Waals surface area contributed by atoms with E-state index in [0.29, 0.717) is 12.8 Å². The van der Waals surface area contributed by atoms with Gasteiger partial charge in [-0.15, -0.1) is 0 Å². The molecule has 0 bridgehead atoms. The molecule has 0 spiro atoms. The van der Waals surface area contributed by atoms with Crippen LogP contribution >= 0.6 is 0 Å². The maximum Gasteiger partial charge on any atom is 0.306 e. The van der Waals surface area contributed by atoms with E-state index < -0.39 is 6.10 Å². The first-order valence-corrected chi connectivity index (χ1v) is 18.6. The van der Waals surface area contributed by atoms with Crippen molar-refractivity contribution < 1.29 is 24.2 Å². The van der Waals surface area contributed by atoms with Crippen LogP contribution < -0.4 is 0 Å². The first-order chi connectivity index (χ1) is 21.6. The maximum atomic E-state index is 12.1. The van der Waals surface area contributed by atoms with Crippen molar-refractivity contribution in [2.24, 2.45) is 0 Å². The second-order valence-electron chi connectivity index (χ2n) is 12.3. The second kappa shape index (κ2) is 35.6. The molecule has 256 valence electrons. The lowest BCUT2D eigenvalue weighted by atomic mass is 10.0. The Hall–Kier alpha value is -1.88. The zero-order chi connectivity index (χ0) is 32.2. The van der Waals surface area contributed by atoms with Gasteiger partial charge in [0, 0.05) is 12.8 Å². The fourth-order valence-electron chi connectivity index (χ4n) is 5.20.